The maximum absolute atomic E-state index is 5.67. The summed E-state index contributed by atoms with van der Waals surface area (Å²) in [6.07, 6.45) is 1.92. The second-order valence-electron chi connectivity index (χ2n) is 4.11. The van der Waals surface area contributed by atoms with E-state index in [1.807, 2.05) is 6.07 Å². The third-order valence-corrected chi connectivity index (χ3v) is 2.64. The number of nitrogens with two attached hydrogens (primary N) is 1. The Labute approximate surface area is 95.6 Å². The molecular formula is C11H18N4O. The highest BCUT2D eigenvalue weighted by molar-refractivity contribution is 5.48. The molecule has 1 saturated heterocycles. The number of pyridine rings is 1. The molecule has 0 bridgehead atoms. The minimum Gasteiger partial charge on any atom is -0.399 e. The third-order valence-electron chi connectivity index (χ3n) is 2.64. The maximum atomic E-state index is 5.67. The van der Waals surface area contributed by atoms with Gasteiger partial charge in [-0.1, -0.05) is 0 Å². The lowest BCUT2D eigenvalue weighted by molar-refractivity contribution is -0.0117. The van der Waals surface area contributed by atoms with Crippen LogP contribution in [-0.2, 0) is 4.74 Å². The Morgan fingerprint density at radius 3 is 3.31 bits per heavy atom. The summed E-state index contributed by atoms with van der Waals surface area (Å²) in [6, 6.07) is 3.60. The van der Waals surface area contributed by atoms with E-state index in [-0.39, 0.29) is 6.10 Å². The Morgan fingerprint density at radius 2 is 2.56 bits per heavy atom. The van der Waals surface area contributed by atoms with Crippen molar-refractivity contribution in [3.63, 3.8) is 0 Å². The highest BCUT2D eigenvalue weighted by Crippen LogP contribution is 2.09. The molecule has 1 atom stereocenters. The summed E-state index contributed by atoms with van der Waals surface area (Å²) >= 11 is 0. The number of nitrogens with one attached hydrogen (secondary N) is 1. The first-order chi connectivity index (χ1) is 7.74. The van der Waals surface area contributed by atoms with Crippen LogP contribution in [0.25, 0.3) is 0 Å². The molecule has 1 unspecified atom stereocenters. The Kier molecular flexibility index (Phi) is 3.58. The van der Waals surface area contributed by atoms with Gasteiger partial charge in [-0.05, 0) is 13.1 Å². The Hall–Kier alpha value is -1.33. The van der Waals surface area contributed by atoms with Crippen LogP contribution >= 0.6 is 0 Å². The van der Waals surface area contributed by atoms with Crippen molar-refractivity contribution in [2.45, 2.75) is 6.10 Å². The average molecular weight is 222 g/mol. The molecule has 1 aromatic heterocycles. The fourth-order valence-electron chi connectivity index (χ4n) is 1.75. The standard InChI is InChI=1S/C11H18N4O/c1-15-4-5-16-10(8-15)7-14-11-6-9(12)2-3-13-11/h2-3,6,10H,4-5,7-8H2,1H3,(H3,12,13,14). The number of hydrogen-bond acceptors (Lipinski definition) is 5. The zero-order valence-electron chi connectivity index (χ0n) is 9.52. The summed E-state index contributed by atoms with van der Waals surface area (Å²) in [5, 5.41) is 3.23. The van der Waals surface area contributed by atoms with E-state index in [0.717, 1.165) is 37.7 Å². The largest absolute Gasteiger partial charge is 0.399 e. The lowest BCUT2D eigenvalue weighted by Crippen LogP contribution is -2.43. The van der Waals surface area contributed by atoms with Gasteiger partial charge in [-0.3, -0.25) is 0 Å². The summed E-state index contributed by atoms with van der Waals surface area (Å²) in [5.41, 5.74) is 6.39. The number of rotatable bonds is 3. The van der Waals surface area contributed by atoms with Gasteiger partial charge in [-0.25, -0.2) is 4.98 Å². The van der Waals surface area contributed by atoms with E-state index >= 15 is 0 Å². The summed E-state index contributed by atoms with van der Waals surface area (Å²) in [7, 11) is 2.11. The second-order valence-corrected chi connectivity index (χ2v) is 4.11. The van der Waals surface area contributed by atoms with Crippen molar-refractivity contribution in [2.75, 3.05) is 44.3 Å². The molecule has 1 fully saturated rings. The van der Waals surface area contributed by atoms with Gasteiger partial charge in [0.15, 0.2) is 0 Å². The molecule has 5 nitrogen and oxygen atoms in total. The molecule has 1 aliphatic rings. The minimum atomic E-state index is 0.224. The fraction of sp³-hybridized carbons (Fsp3) is 0.545. The summed E-state index contributed by atoms with van der Waals surface area (Å²) in [5.74, 6) is 0.803. The number of nitrogens with zero attached hydrogens (tertiary/aromatic N) is 2. The van der Waals surface area contributed by atoms with Gasteiger partial charge in [0.2, 0.25) is 0 Å². The quantitative estimate of drug-likeness (QED) is 0.775. The fourth-order valence-corrected chi connectivity index (χ4v) is 1.75. The van der Waals surface area contributed by atoms with Gasteiger partial charge in [0, 0.05) is 37.6 Å². The number of ether oxygens (including phenoxy) is 1. The molecule has 2 rings (SSSR count). The maximum Gasteiger partial charge on any atom is 0.128 e. The van der Waals surface area contributed by atoms with Crippen molar-refractivity contribution in [1.82, 2.24) is 9.88 Å². The monoisotopic (exact) mass is 222 g/mol. The van der Waals surface area contributed by atoms with Crippen LogP contribution < -0.4 is 11.1 Å². The second kappa shape index (κ2) is 5.14. The van der Waals surface area contributed by atoms with E-state index in [9.17, 15) is 0 Å². The van der Waals surface area contributed by atoms with E-state index < -0.39 is 0 Å². The van der Waals surface area contributed by atoms with Crippen LogP contribution in [0.1, 0.15) is 0 Å². The van der Waals surface area contributed by atoms with Crippen molar-refractivity contribution < 1.29 is 4.74 Å². The molecule has 0 spiro atoms. The van der Waals surface area contributed by atoms with Gasteiger partial charge in [0.1, 0.15) is 5.82 Å². The van der Waals surface area contributed by atoms with Crippen molar-refractivity contribution in [1.29, 1.82) is 0 Å². The normalized spacial score (nSPS) is 21.9. The Balaban J connectivity index is 1.82. The average Bonchev–Trinajstić information content (AvgIpc) is 2.27. The van der Waals surface area contributed by atoms with Gasteiger partial charge < -0.3 is 20.7 Å². The molecule has 1 aliphatic heterocycles. The summed E-state index contributed by atoms with van der Waals surface area (Å²) in [4.78, 5) is 6.45. The number of nitrogen functional groups attached to an aromatic ring is 1. The lowest BCUT2D eigenvalue weighted by atomic mass is 10.3. The number of anilines is 2. The molecule has 0 aromatic carbocycles. The number of aromatic nitrogens is 1. The molecule has 0 saturated carbocycles. The van der Waals surface area contributed by atoms with Crippen molar-refractivity contribution in [2.24, 2.45) is 0 Å². The lowest BCUT2D eigenvalue weighted by Gasteiger charge is -2.30. The van der Waals surface area contributed by atoms with Gasteiger partial charge in [0.25, 0.3) is 0 Å². The van der Waals surface area contributed by atoms with Crippen LogP contribution in [-0.4, -0.2) is 49.3 Å². The smallest absolute Gasteiger partial charge is 0.128 e. The molecule has 1 aromatic rings. The van der Waals surface area contributed by atoms with Gasteiger partial charge in [-0.15, -0.1) is 0 Å². The number of morpholine rings is 1. The highest BCUT2D eigenvalue weighted by atomic mass is 16.5. The SMILES string of the molecule is CN1CCOC(CNc2cc(N)ccn2)C1. The van der Waals surface area contributed by atoms with Crippen molar-refractivity contribution in [3.05, 3.63) is 18.3 Å². The molecule has 0 amide bonds. The van der Waals surface area contributed by atoms with Gasteiger partial charge >= 0.3 is 0 Å². The number of likely N-dealkylation sites (N-methyl/N-ethyl adjacent to an activating group) is 1. The van der Waals surface area contributed by atoms with E-state index in [1.54, 1.807) is 12.3 Å². The van der Waals surface area contributed by atoms with E-state index in [4.69, 9.17) is 10.5 Å². The number of hydrogen-bond donors (Lipinski definition) is 2. The molecule has 0 radical (unpaired) electrons. The van der Waals surface area contributed by atoms with Crippen LogP contribution in [0.2, 0.25) is 0 Å². The Morgan fingerprint density at radius 1 is 1.69 bits per heavy atom. The first kappa shape index (κ1) is 11.2. The first-order valence-electron chi connectivity index (χ1n) is 5.49. The topological polar surface area (TPSA) is 63.4 Å². The third kappa shape index (κ3) is 3.08. The molecule has 16 heavy (non-hydrogen) atoms. The predicted molar refractivity (Wildman–Crippen MR) is 64.4 cm³/mol. The molecule has 2 heterocycles. The molecule has 5 heteroatoms. The van der Waals surface area contributed by atoms with Crippen LogP contribution in [0.4, 0.5) is 11.5 Å². The van der Waals surface area contributed by atoms with Gasteiger partial charge in [-0.2, -0.15) is 0 Å². The first-order valence-corrected chi connectivity index (χ1v) is 5.49. The van der Waals surface area contributed by atoms with Crippen LogP contribution in [0, 0.1) is 0 Å². The molecular weight excluding hydrogens is 204 g/mol. The van der Waals surface area contributed by atoms with Crippen LogP contribution in [0.15, 0.2) is 18.3 Å². The van der Waals surface area contributed by atoms with Crippen LogP contribution in [0.5, 0.6) is 0 Å². The van der Waals surface area contributed by atoms with Crippen molar-refractivity contribution >= 4 is 11.5 Å². The predicted octanol–water partition coefficient (Wildman–Crippen LogP) is 0.406. The van der Waals surface area contributed by atoms with Gasteiger partial charge in [0.05, 0.1) is 12.7 Å². The zero-order valence-corrected chi connectivity index (χ0v) is 9.52. The van der Waals surface area contributed by atoms with E-state index in [1.165, 1.54) is 0 Å². The molecule has 88 valence electrons. The zero-order chi connectivity index (χ0) is 11.4. The van der Waals surface area contributed by atoms with Crippen LogP contribution in [0.3, 0.4) is 0 Å². The highest BCUT2D eigenvalue weighted by Gasteiger charge is 2.17. The summed E-state index contributed by atoms with van der Waals surface area (Å²) < 4.78 is 5.64. The van der Waals surface area contributed by atoms with E-state index in [0.29, 0.717) is 0 Å². The molecule has 0 aliphatic carbocycles. The minimum absolute atomic E-state index is 0.224. The molecule has 3 N–H and O–H groups in total. The summed E-state index contributed by atoms with van der Waals surface area (Å²) in [6.45, 7) is 3.52. The van der Waals surface area contributed by atoms with Crippen molar-refractivity contribution in [3.8, 4) is 0 Å². The van der Waals surface area contributed by atoms with E-state index in [2.05, 4.69) is 22.2 Å². The Bertz CT molecular complexity index is 345.